The molecule has 1 heterocycles. The second-order valence-corrected chi connectivity index (χ2v) is 8.38. The van der Waals surface area contributed by atoms with Gasteiger partial charge in [0.15, 0.2) is 11.5 Å². The minimum atomic E-state index is -3.75. The van der Waals surface area contributed by atoms with Gasteiger partial charge in [0.25, 0.3) is 10.0 Å². The van der Waals surface area contributed by atoms with Crippen LogP contribution in [0.2, 0.25) is 0 Å². The molecule has 1 amide bonds. The van der Waals surface area contributed by atoms with Crippen LogP contribution in [-0.4, -0.2) is 33.6 Å². The maximum atomic E-state index is 13.3. The first-order valence-electron chi connectivity index (χ1n) is 8.77. The Balaban J connectivity index is 1.68. The second kappa shape index (κ2) is 6.77. The first-order valence-corrected chi connectivity index (χ1v) is 10.2. The number of ether oxygens (including phenoxy) is 2. The lowest BCUT2D eigenvalue weighted by molar-refractivity contribution is -0.114. The van der Waals surface area contributed by atoms with E-state index in [1.807, 2.05) is 0 Å². The van der Waals surface area contributed by atoms with Gasteiger partial charge in [-0.05, 0) is 49.2 Å². The molecule has 0 saturated heterocycles. The highest BCUT2D eigenvalue weighted by Gasteiger charge is 2.38. The third-order valence-corrected chi connectivity index (χ3v) is 6.27. The minimum Gasteiger partial charge on any atom is -0.486 e. The number of benzene rings is 2. The normalized spacial score (nSPS) is 15.9. The maximum absolute atomic E-state index is 13.3. The fraction of sp³-hybridized carbons (Fsp3) is 0.316. The highest BCUT2D eigenvalue weighted by Crippen LogP contribution is 2.39. The second-order valence-electron chi connectivity index (χ2n) is 6.57. The van der Waals surface area contributed by atoms with Crippen LogP contribution in [0.3, 0.4) is 0 Å². The highest BCUT2D eigenvalue weighted by atomic mass is 32.2. The third-order valence-electron chi connectivity index (χ3n) is 4.39. The zero-order valence-electron chi connectivity index (χ0n) is 14.8. The number of carbonyl (C=O) groups is 1. The Morgan fingerprint density at radius 2 is 1.70 bits per heavy atom. The Hall–Kier alpha value is -2.74. The molecule has 2 aromatic rings. The van der Waals surface area contributed by atoms with Gasteiger partial charge in [-0.2, -0.15) is 0 Å². The first-order chi connectivity index (χ1) is 12.9. The summed E-state index contributed by atoms with van der Waals surface area (Å²) in [5.74, 6) is 0.822. The molecule has 8 heteroatoms. The number of hydrogen-bond donors (Lipinski definition) is 1. The summed E-state index contributed by atoms with van der Waals surface area (Å²) in [6.45, 7) is 2.28. The number of nitrogens with zero attached hydrogens (tertiary/aromatic N) is 1. The topological polar surface area (TPSA) is 84.9 Å². The number of carbonyl (C=O) groups excluding carboxylic acids is 1. The van der Waals surface area contributed by atoms with Crippen molar-refractivity contribution in [2.45, 2.75) is 30.7 Å². The SMILES string of the molecule is CC(=O)Nc1ccc(N(C2CC2)S(=O)(=O)c2ccc3c(c2)OCCO3)cc1. The van der Waals surface area contributed by atoms with Gasteiger partial charge in [-0.1, -0.05) is 0 Å². The van der Waals surface area contributed by atoms with E-state index in [9.17, 15) is 13.2 Å². The number of fused-ring (bicyclic) bond motifs is 1. The van der Waals surface area contributed by atoms with E-state index in [4.69, 9.17) is 9.47 Å². The molecule has 0 atom stereocenters. The van der Waals surface area contributed by atoms with E-state index in [1.165, 1.54) is 17.3 Å². The molecule has 0 spiro atoms. The van der Waals surface area contributed by atoms with Crippen molar-refractivity contribution < 1.29 is 22.7 Å². The van der Waals surface area contributed by atoms with Crippen LogP contribution in [0.25, 0.3) is 0 Å². The van der Waals surface area contributed by atoms with E-state index in [2.05, 4.69) is 5.32 Å². The van der Waals surface area contributed by atoms with E-state index in [-0.39, 0.29) is 16.8 Å². The minimum absolute atomic E-state index is 0.0604. The summed E-state index contributed by atoms with van der Waals surface area (Å²) < 4.78 is 39.1. The Morgan fingerprint density at radius 1 is 1.04 bits per heavy atom. The van der Waals surface area contributed by atoms with Gasteiger partial charge in [0.05, 0.1) is 10.6 Å². The van der Waals surface area contributed by atoms with Gasteiger partial charge < -0.3 is 14.8 Å². The molecule has 2 aromatic carbocycles. The van der Waals surface area contributed by atoms with Crippen LogP contribution in [0.4, 0.5) is 11.4 Å². The summed E-state index contributed by atoms with van der Waals surface area (Å²) in [6.07, 6.45) is 1.63. The summed E-state index contributed by atoms with van der Waals surface area (Å²) in [6, 6.07) is 11.4. The number of anilines is 2. The van der Waals surface area contributed by atoms with E-state index in [0.29, 0.717) is 36.1 Å². The highest BCUT2D eigenvalue weighted by molar-refractivity contribution is 7.92. The van der Waals surface area contributed by atoms with Crippen LogP contribution in [-0.2, 0) is 14.8 Å². The zero-order chi connectivity index (χ0) is 19.0. The van der Waals surface area contributed by atoms with Gasteiger partial charge in [0.2, 0.25) is 5.91 Å². The van der Waals surface area contributed by atoms with E-state index in [0.717, 1.165) is 12.8 Å². The van der Waals surface area contributed by atoms with Crippen LogP contribution in [0, 0.1) is 0 Å². The van der Waals surface area contributed by atoms with Crippen LogP contribution in [0.1, 0.15) is 19.8 Å². The molecule has 7 nitrogen and oxygen atoms in total. The van der Waals surface area contributed by atoms with E-state index < -0.39 is 10.0 Å². The number of hydrogen-bond acceptors (Lipinski definition) is 5. The van der Waals surface area contributed by atoms with Crippen molar-refractivity contribution in [2.24, 2.45) is 0 Å². The quantitative estimate of drug-likeness (QED) is 0.851. The van der Waals surface area contributed by atoms with Crippen molar-refractivity contribution >= 4 is 27.3 Å². The molecular formula is C19H20N2O5S. The number of sulfonamides is 1. The molecule has 1 aliphatic carbocycles. The molecular weight excluding hydrogens is 368 g/mol. The molecule has 0 bridgehead atoms. The molecule has 0 unspecified atom stereocenters. The Labute approximate surface area is 157 Å². The summed E-state index contributed by atoms with van der Waals surface area (Å²) in [5.41, 5.74) is 1.19. The molecule has 27 heavy (non-hydrogen) atoms. The molecule has 1 saturated carbocycles. The monoisotopic (exact) mass is 388 g/mol. The molecule has 1 N–H and O–H groups in total. The molecule has 0 aromatic heterocycles. The van der Waals surface area contributed by atoms with Crippen molar-refractivity contribution in [3.8, 4) is 11.5 Å². The third kappa shape index (κ3) is 3.57. The van der Waals surface area contributed by atoms with E-state index in [1.54, 1.807) is 36.4 Å². The lowest BCUT2D eigenvalue weighted by Gasteiger charge is -2.26. The molecule has 2 aliphatic rings. The smallest absolute Gasteiger partial charge is 0.264 e. The fourth-order valence-corrected chi connectivity index (χ4v) is 4.77. The lowest BCUT2D eigenvalue weighted by Crippen LogP contribution is -2.33. The predicted molar refractivity (Wildman–Crippen MR) is 101 cm³/mol. The Bertz CT molecular complexity index is 968. The van der Waals surface area contributed by atoms with E-state index >= 15 is 0 Å². The zero-order valence-corrected chi connectivity index (χ0v) is 15.7. The van der Waals surface area contributed by atoms with Crippen LogP contribution < -0.4 is 19.1 Å². The van der Waals surface area contributed by atoms with Crippen LogP contribution >= 0.6 is 0 Å². The summed E-state index contributed by atoms with van der Waals surface area (Å²) in [5, 5.41) is 2.68. The van der Waals surface area contributed by atoms with Crippen LogP contribution in [0.5, 0.6) is 11.5 Å². The number of amides is 1. The molecule has 1 aliphatic heterocycles. The average molecular weight is 388 g/mol. The number of nitrogens with one attached hydrogen (secondary N) is 1. The van der Waals surface area contributed by atoms with Crippen molar-refractivity contribution in [3.63, 3.8) is 0 Å². The predicted octanol–water partition coefficient (Wildman–Crippen LogP) is 2.77. The molecule has 1 fully saturated rings. The molecule has 142 valence electrons. The van der Waals surface area contributed by atoms with Gasteiger partial charge in [0, 0.05) is 24.7 Å². The molecule has 4 rings (SSSR count). The summed E-state index contributed by atoms with van der Waals surface area (Å²) >= 11 is 0. The van der Waals surface area contributed by atoms with Crippen molar-refractivity contribution in [3.05, 3.63) is 42.5 Å². The van der Waals surface area contributed by atoms with Gasteiger partial charge in [-0.15, -0.1) is 0 Å². The molecule has 0 radical (unpaired) electrons. The van der Waals surface area contributed by atoms with Gasteiger partial charge in [0.1, 0.15) is 13.2 Å². The standard InChI is InChI=1S/C19H20N2O5S/c1-13(22)20-14-2-4-15(5-3-14)21(16-6-7-16)27(23,24)17-8-9-18-19(12-17)26-11-10-25-18/h2-5,8-9,12,16H,6-7,10-11H2,1H3,(H,20,22). The first kappa shape index (κ1) is 17.7. The lowest BCUT2D eigenvalue weighted by atomic mass is 10.2. The Morgan fingerprint density at radius 3 is 2.33 bits per heavy atom. The van der Waals surface area contributed by atoms with Gasteiger partial charge in [-0.3, -0.25) is 9.10 Å². The fourth-order valence-electron chi connectivity index (χ4n) is 3.05. The largest absolute Gasteiger partial charge is 0.486 e. The van der Waals surface area contributed by atoms with Crippen molar-refractivity contribution in [2.75, 3.05) is 22.8 Å². The van der Waals surface area contributed by atoms with Gasteiger partial charge >= 0.3 is 0 Å². The maximum Gasteiger partial charge on any atom is 0.264 e. The van der Waals surface area contributed by atoms with Crippen molar-refractivity contribution in [1.82, 2.24) is 0 Å². The van der Waals surface area contributed by atoms with Crippen molar-refractivity contribution in [1.29, 1.82) is 0 Å². The summed E-state index contributed by atoms with van der Waals surface area (Å²) in [4.78, 5) is 11.3. The number of rotatable bonds is 5. The van der Waals surface area contributed by atoms with Crippen LogP contribution in [0.15, 0.2) is 47.4 Å². The Kier molecular flexibility index (Phi) is 4.43. The average Bonchev–Trinajstić information content (AvgIpc) is 3.47. The van der Waals surface area contributed by atoms with Gasteiger partial charge in [-0.25, -0.2) is 8.42 Å². The summed E-state index contributed by atoms with van der Waals surface area (Å²) in [7, 11) is -3.75.